The van der Waals surface area contributed by atoms with Gasteiger partial charge in [0.1, 0.15) is 0 Å². The average molecular weight is 321 g/mol. The Hall–Kier alpha value is -1.01. The molecule has 2 rings (SSSR count). The highest BCUT2D eigenvalue weighted by atomic mass is 79.9. The Balaban J connectivity index is 2.11. The Morgan fingerprint density at radius 2 is 2.11 bits per heavy atom. The van der Waals surface area contributed by atoms with Gasteiger partial charge in [0.05, 0.1) is 11.6 Å². The third-order valence-corrected chi connectivity index (χ3v) is 4.50. The first-order valence-electron chi connectivity index (χ1n) is 6.86. The first-order valence-corrected chi connectivity index (χ1v) is 7.65. The van der Waals surface area contributed by atoms with E-state index < -0.39 is 0 Å². The van der Waals surface area contributed by atoms with Gasteiger partial charge in [-0.1, -0.05) is 20.8 Å². The molecule has 0 saturated heterocycles. The Labute approximate surface area is 124 Å². The minimum absolute atomic E-state index is 0.411. The normalized spacial score (nSPS) is 25.6. The summed E-state index contributed by atoms with van der Waals surface area (Å²) in [6.45, 7) is 7.04. The summed E-state index contributed by atoms with van der Waals surface area (Å²) in [6, 6.07) is 8.41. The highest BCUT2D eigenvalue weighted by Gasteiger charge is 2.32. The molecule has 1 aliphatic carbocycles. The lowest BCUT2D eigenvalue weighted by Crippen LogP contribution is -2.35. The number of halogens is 1. The van der Waals surface area contributed by atoms with Crippen LogP contribution < -0.4 is 5.32 Å². The van der Waals surface area contributed by atoms with Crippen LogP contribution in [0.25, 0.3) is 0 Å². The van der Waals surface area contributed by atoms with Crippen LogP contribution in [0.15, 0.2) is 22.7 Å². The minimum Gasteiger partial charge on any atom is -0.381 e. The lowest BCUT2D eigenvalue weighted by Gasteiger charge is -2.39. The van der Waals surface area contributed by atoms with Gasteiger partial charge in [-0.15, -0.1) is 0 Å². The van der Waals surface area contributed by atoms with Crippen molar-refractivity contribution < 1.29 is 0 Å². The van der Waals surface area contributed by atoms with Crippen LogP contribution in [0.3, 0.4) is 0 Å². The second-order valence-corrected chi connectivity index (χ2v) is 7.42. The zero-order valence-electron chi connectivity index (χ0n) is 11.8. The molecule has 1 N–H and O–H groups in total. The summed E-state index contributed by atoms with van der Waals surface area (Å²) in [6.07, 6.45) is 3.72. The highest BCUT2D eigenvalue weighted by Crippen LogP contribution is 2.40. The summed E-state index contributed by atoms with van der Waals surface area (Å²) < 4.78 is 0.975. The molecule has 19 heavy (non-hydrogen) atoms. The van der Waals surface area contributed by atoms with Crippen LogP contribution in [-0.4, -0.2) is 6.04 Å². The van der Waals surface area contributed by atoms with Crippen molar-refractivity contribution in [1.29, 1.82) is 5.26 Å². The SMILES string of the molecule is CC1CC(Nc2ccc(C#N)cc2Br)CC(C)(C)C1. The molecular formula is C16H21BrN2. The molecule has 1 aliphatic rings. The molecule has 0 aromatic heterocycles. The summed E-state index contributed by atoms with van der Waals surface area (Å²) in [5, 5.41) is 12.5. The molecule has 1 fully saturated rings. The van der Waals surface area contributed by atoms with Gasteiger partial charge < -0.3 is 5.32 Å². The Kier molecular flexibility index (Phi) is 4.20. The summed E-state index contributed by atoms with van der Waals surface area (Å²) in [7, 11) is 0. The molecule has 2 atom stereocenters. The molecule has 2 unspecified atom stereocenters. The summed E-state index contributed by atoms with van der Waals surface area (Å²) in [5.41, 5.74) is 2.19. The third-order valence-electron chi connectivity index (χ3n) is 3.84. The number of nitrogens with zero attached hydrogens (tertiary/aromatic N) is 1. The smallest absolute Gasteiger partial charge is 0.0992 e. The maximum Gasteiger partial charge on any atom is 0.0992 e. The van der Waals surface area contributed by atoms with E-state index in [1.807, 2.05) is 18.2 Å². The molecule has 1 saturated carbocycles. The topological polar surface area (TPSA) is 35.8 Å². The van der Waals surface area contributed by atoms with Gasteiger partial charge in [-0.25, -0.2) is 0 Å². The second kappa shape index (κ2) is 5.54. The first-order chi connectivity index (χ1) is 8.89. The van der Waals surface area contributed by atoms with E-state index in [0.717, 1.165) is 16.1 Å². The van der Waals surface area contributed by atoms with Gasteiger partial charge in [0.25, 0.3) is 0 Å². The zero-order valence-corrected chi connectivity index (χ0v) is 13.4. The summed E-state index contributed by atoms with van der Waals surface area (Å²) in [5.74, 6) is 0.762. The van der Waals surface area contributed by atoms with Gasteiger partial charge in [0.2, 0.25) is 0 Å². The van der Waals surface area contributed by atoms with Crippen molar-refractivity contribution in [2.75, 3.05) is 5.32 Å². The summed E-state index contributed by atoms with van der Waals surface area (Å²) in [4.78, 5) is 0. The number of nitrogens with one attached hydrogen (secondary N) is 1. The molecule has 0 amide bonds. The van der Waals surface area contributed by atoms with Gasteiger partial charge in [0, 0.05) is 16.2 Å². The third kappa shape index (κ3) is 3.73. The van der Waals surface area contributed by atoms with E-state index in [-0.39, 0.29) is 0 Å². The minimum atomic E-state index is 0.411. The molecule has 0 spiro atoms. The molecule has 102 valence electrons. The van der Waals surface area contributed by atoms with Gasteiger partial charge in [0.15, 0.2) is 0 Å². The average Bonchev–Trinajstić information content (AvgIpc) is 2.29. The molecule has 0 heterocycles. The summed E-state index contributed by atoms with van der Waals surface area (Å²) >= 11 is 3.54. The Morgan fingerprint density at radius 3 is 2.68 bits per heavy atom. The van der Waals surface area contributed by atoms with Crippen LogP contribution in [0, 0.1) is 22.7 Å². The maximum atomic E-state index is 8.89. The lowest BCUT2D eigenvalue weighted by molar-refractivity contribution is 0.178. The van der Waals surface area contributed by atoms with E-state index in [0.29, 0.717) is 17.0 Å². The van der Waals surface area contributed by atoms with Gasteiger partial charge in [-0.2, -0.15) is 5.26 Å². The van der Waals surface area contributed by atoms with E-state index in [1.165, 1.54) is 19.3 Å². The number of anilines is 1. The van der Waals surface area contributed by atoms with Crippen LogP contribution in [0.1, 0.15) is 45.6 Å². The number of benzene rings is 1. The quantitative estimate of drug-likeness (QED) is 0.837. The van der Waals surface area contributed by atoms with Crippen molar-refractivity contribution in [1.82, 2.24) is 0 Å². The maximum absolute atomic E-state index is 8.89. The van der Waals surface area contributed by atoms with Crippen molar-refractivity contribution in [3.63, 3.8) is 0 Å². The number of hydrogen-bond acceptors (Lipinski definition) is 2. The molecule has 3 heteroatoms. The molecule has 0 aliphatic heterocycles. The fraction of sp³-hybridized carbons (Fsp3) is 0.562. The Bertz CT molecular complexity index is 502. The van der Waals surface area contributed by atoms with Gasteiger partial charge in [-0.3, -0.25) is 0 Å². The number of nitriles is 1. The monoisotopic (exact) mass is 320 g/mol. The van der Waals surface area contributed by atoms with Crippen LogP contribution >= 0.6 is 15.9 Å². The van der Waals surface area contributed by atoms with E-state index in [2.05, 4.69) is 48.1 Å². The predicted molar refractivity (Wildman–Crippen MR) is 83.1 cm³/mol. The molecule has 0 bridgehead atoms. The van der Waals surface area contributed by atoms with Crippen molar-refractivity contribution >= 4 is 21.6 Å². The number of hydrogen-bond donors (Lipinski definition) is 1. The van der Waals surface area contributed by atoms with Crippen LogP contribution in [0.2, 0.25) is 0 Å². The standard InChI is InChI=1S/C16H21BrN2/c1-11-6-13(9-16(2,3)8-11)19-15-5-4-12(10-18)7-14(15)17/h4-5,7,11,13,19H,6,8-9H2,1-3H3. The van der Waals surface area contributed by atoms with Gasteiger partial charge >= 0.3 is 0 Å². The van der Waals surface area contributed by atoms with E-state index in [9.17, 15) is 0 Å². The van der Waals surface area contributed by atoms with Crippen LogP contribution in [0.4, 0.5) is 5.69 Å². The number of rotatable bonds is 2. The van der Waals surface area contributed by atoms with Crippen molar-refractivity contribution in [2.45, 2.75) is 46.1 Å². The van der Waals surface area contributed by atoms with E-state index in [4.69, 9.17) is 5.26 Å². The molecule has 0 radical (unpaired) electrons. The predicted octanol–water partition coefficient (Wildman–Crippen LogP) is 4.95. The fourth-order valence-electron chi connectivity index (χ4n) is 3.38. The second-order valence-electron chi connectivity index (χ2n) is 6.56. The van der Waals surface area contributed by atoms with E-state index >= 15 is 0 Å². The largest absolute Gasteiger partial charge is 0.381 e. The van der Waals surface area contributed by atoms with Crippen molar-refractivity contribution in [3.05, 3.63) is 28.2 Å². The van der Waals surface area contributed by atoms with Crippen molar-refractivity contribution in [3.8, 4) is 6.07 Å². The van der Waals surface area contributed by atoms with Gasteiger partial charge in [-0.05, 0) is 64.7 Å². The Morgan fingerprint density at radius 1 is 1.37 bits per heavy atom. The first kappa shape index (κ1) is 14.4. The zero-order chi connectivity index (χ0) is 14.0. The van der Waals surface area contributed by atoms with E-state index in [1.54, 1.807) is 0 Å². The molecule has 2 nitrogen and oxygen atoms in total. The molecule has 1 aromatic rings. The fourth-order valence-corrected chi connectivity index (χ4v) is 3.87. The lowest BCUT2D eigenvalue weighted by atomic mass is 9.70. The highest BCUT2D eigenvalue weighted by molar-refractivity contribution is 9.10. The van der Waals surface area contributed by atoms with Crippen LogP contribution in [0.5, 0.6) is 0 Å². The van der Waals surface area contributed by atoms with Crippen LogP contribution in [-0.2, 0) is 0 Å². The van der Waals surface area contributed by atoms with Crippen molar-refractivity contribution in [2.24, 2.45) is 11.3 Å². The molecular weight excluding hydrogens is 300 g/mol. The molecule has 1 aromatic carbocycles.